The summed E-state index contributed by atoms with van der Waals surface area (Å²) in [5.41, 5.74) is -3.72. The van der Waals surface area contributed by atoms with Gasteiger partial charge in [0, 0.05) is 0 Å². The average Bonchev–Trinajstić information content (AvgIpc) is 2.52. The van der Waals surface area contributed by atoms with Crippen molar-refractivity contribution in [2.45, 2.75) is 65.2 Å². The van der Waals surface area contributed by atoms with Gasteiger partial charge in [-0.05, 0) is 0 Å². The molecule has 24 heavy (non-hydrogen) atoms. The maximum absolute atomic E-state index is 9.29. The molecular weight excluding hydrogens is 439 g/mol. The summed E-state index contributed by atoms with van der Waals surface area (Å²) in [6.07, 6.45) is 10.1. The fourth-order valence-electron chi connectivity index (χ4n) is 1.20. The molecule has 0 unspecified atom stereocenters. The first kappa shape index (κ1) is 32.5. The van der Waals surface area contributed by atoms with Gasteiger partial charge in [0.25, 0.3) is 0 Å². The Morgan fingerprint density at radius 2 is 1.25 bits per heavy atom. The molecular formula is C18H31MoO2PS2-3. The third kappa shape index (κ3) is 66.1. The van der Waals surface area contributed by atoms with Crippen molar-refractivity contribution in [3.8, 4) is 0 Å². The number of hydrogen-bond acceptors (Lipinski definition) is 4. The van der Waals surface area contributed by atoms with Crippen molar-refractivity contribution in [1.29, 1.82) is 0 Å². The second-order valence-corrected chi connectivity index (χ2v) is 9.12. The largest absolute Gasteiger partial charge is 3.00 e. The van der Waals surface area contributed by atoms with Crippen molar-refractivity contribution >= 4 is 29.7 Å². The molecule has 0 aromatic heterocycles. The molecule has 0 aliphatic heterocycles. The Kier molecular flexibility index (Phi) is 38.8. The third-order valence-electron chi connectivity index (χ3n) is 2.31. The zero-order valence-corrected chi connectivity index (χ0v) is 19.5. The van der Waals surface area contributed by atoms with Gasteiger partial charge in [-0.25, -0.2) is 0 Å². The van der Waals surface area contributed by atoms with Crippen molar-refractivity contribution in [3.63, 3.8) is 0 Å². The molecule has 1 radical (unpaired) electrons. The Labute approximate surface area is 175 Å². The quantitative estimate of drug-likeness (QED) is 0.198. The zero-order chi connectivity index (χ0) is 18.4. The standard InChI is InChI=1S/C6H5.2C6H13.Mo.H3O2PS2/c1-2-4-6-5-3-1;2*1-3-5-6-4-2;;1-3(2,4)5/h1-5H;2*1,3-6H2,2H3;;(H3,1,2,4,5)/q3*-1;+3;/p-3. The summed E-state index contributed by atoms with van der Waals surface area (Å²) in [4.78, 5) is 18.6. The van der Waals surface area contributed by atoms with Gasteiger partial charge in [0.15, 0.2) is 0 Å². The van der Waals surface area contributed by atoms with E-state index in [9.17, 15) is 9.79 Å². The van der Waals surface area contributed by atoms with Gasteiger partial charge >= 0.3 is 21.1 Å². The van der Waals surface area contributed by atoms with E-state index in [-0.39, 0.29) is 21.1 Å². The first-order valence-electron chi connectivity index (χ1n) is 8.06. The molecule has 0 atom stereocenters. The van der Waals surface area contributed by atoms with Crippen LogP contribution < -0.4 is 9.79 Å². The average molecular weight is 470 g/mol. The number of hydrogen-bond donors (Lipinski definition) is 0. The maximum atomic E-state index is 9.29. The summed E-state index contributed by atoms with van der Waals surface area (Å²) >= 11 is 7.28. The fraction of sp³-hybridized carbons (Fsp3) is 0.556. The summed E-state index contributed by atoms with van der Waals surface area (Å²) in [5, 5.41) is 0. The van der Waals surface area contributed by atoms with E-state index in [1.807, 2.05) is 30.3 Å². The van der Waals surface area contributed by atoms with Gasteiger partial charge in [0.2, 0.25) is 0 Å². The molecule has 6 heteroatoms. The van der Waals surface area contributed by atoms with Crippen molar-refractivity contribution in [2.24, 2.45) is 0 Å². The minimum Gasteiger partial charge on any atom is -0.850 e. The van der Waals surface area contributed by atoms with Crippen LogP contribution in [0, 0.1) is 19.9 Å². The Bertz CT molecular complexity index is 284. The summed E-state index contributed by atoms with van der Waals surface area (Å²) in [5.74, 6) is 0. The Balaban J connectivity index is -0.000000110. The molecule has 0 bridgehead atoms. The molecule has 0 spiro atoms. The van der Waals surface area contributed by atoms with Gasteiger partial charge in [-0.2, -0.15) is 61.0 Å². The van der Waals surface area contributed by atoms with Crippen LogP contribution in [0.4, 0.5) is 0 Å². The molecule has 0 saturated heterocycles. The van der Waals surface area contributed by atoms with Crippen LogP contribution in [0.15, 0.2) is 30.3 Å². The van der Waals surface area contributed by atoms with Gasteiger partial charge in [-0.15, -0.1) is 0 Å². The molecule has 0 aliphatic rings. The van der Waals surface area contributed by atoms with Crippen molar-refractivity contribution in [2.75, 3.05) is 0 Å². The number of unbranched alkanes of at least 4 members (excludes halogenated alkanes) is 6. The van der Waals surface area contributed by atoms with E-state index in [1.165, 1.54) is 38.5 Å². The summed E-state index contributed by atoms with van der Waals surface area (Å²) in [6, 6.07) is 12.5. The maximum Gasteiger partial charge on any atom is 3.00 e. The molecule has 0 N–H and O–H groups in total. The second-order valence-electron chi connectivity index (χ2n) is 4.65. The van der Waals surface area contributed by atoms with Gasteiger partial charge in [-0.3, -0.25) is 0 Å². The van der Waals surface area contributed by atoms with Crippen molar-refractivity contribution in [3.05, 3.63) is 50.2 Å². The molecule has 0 amide bonds. The summed E-state index contributed by atoms with van der Waals surface area (Å²) in [6.45, 7) is 11.9. The summed E-state index contributed by atoms with van der Waals surface area (Å²) < 4.78 is 0. The molecule has 0 saturated carbocycles. The monoisotopic (exact) mass is 472 g/mol. The Morgan fingerprint density at radius 3 is 1.33 bits per heavy atom. The van der Waals surface area contributed by atoms with Crippen LogP contribution in [0.25, 0.3) is 0 Å². The molecule has 2 nitrogen and oxygen atoms in total. The van der Waals surface area contributed by atoms with E-state index in [0.29, 0.717) is 0 Å². The number of benzene rings is 1. The van der Waals surface area contributed by atoms with Gasteiger partial charge in [0.05, 0.1) is 0 Å². The van der Waals surface area contributed by atoms with E-state index in [0.717, 1.165) is 12.8 Å². The van der Waals surface area contributed by atoms with E-state index in [4.69, 9.17) is 0 Å². The Hall–Kier alpha value is 0.828. The van der Waals surface area contributed by atoms with Gasteiger partial charge < -0.3 is 41.6 Å². The topological polar surface area (TPSA) is 46.1 Å². The van der Waals surface area contributed by atoms with E-state index in [1.54, 1.807) is 0 Å². The number of rotatable bonds is 6. The minimum absolute atomic E-state index is 0. The predicted octanol–water partition coefficient (Wildman–Crippen LogP) is 4.76. The first-order valence-corrected chi connectivity index (χ1v) is 11.7. The molecule has 0 heterocycles. The van der Waals surface area contributed by atoms with Gasteiger partial charge in [0.1, 0.15) is 0 Å². The van der Waals surface area contributed by atoms with Crippen LogP contribution >= 0.6 is 5.69 Å². The predicted molar refractivity (Wildman–Crippen MR) is 106 cm³/mol. The normalized spacial score (nSPS) is 8.96. The van der Waals surface area contributed by atoms with Crippen molar-refractivity contribution in [1.82, 2.24) is 0 Å². The molecule has 0 fully saturated rings. The van der Waals surface area contributed by atoms with E-state index in [2.05, 4.69) is 57.8 Å². The molecule has 0 aliphatic carbocycles. The van der Waals surface area contributed by atoms with Crippen LogP contribution in [0.3, 0.4) is 0 Å². The smallest absolute Gasteiger partial charge is 0.850 e. The Morgan fingerprint density at radius 1 is 0.917 bits per heavy atom. The molecule has 1 aromatic carbocycles. The molecule has 1 aromatic rings. The van der Waals surface area contributed by atoms with Gasteiger partial charge in [-0.1, -0.05) is 52.4 Å². The fourth-order valence-corrected chi connectivity index (χ4v) is 1.20. The second kappa shape index (κ2) is 28.6. The van der Waals surface area contributed by atoms with Crippen molar-refractivity contribution < 1.29 is 30.9 Å². The van der Waals surface area contributed by atoms with E-state index < -0.39 is 5.69 Å². The van der Waals surface area contributed by atoms with Crippen LogP contribution in [0.2, 0.25) is 0 Å². The zero-order valence-electron chi connectivity index (χ0n) is 14.9. The van der Waals surface area contributed by atoms with E-state index >= 15 is 0 Å². The SMILES string of the molecule is [CH2-]CCCCC.[CH2-]CCCCC.[Mo+3].[O-]P([O-])(=S)[S-].[c-]1ccccc1. The first-order chi connectivity index (χ1) is 10.8. The minimum atomic E-state index is -3.72. The van der Waals surface area contributed by atoms with Crippen LogP contribution in [0.5, 0.6) is 0 Å². The molecule has 141 valence electrons. The third-order valence-corrected chi connectivity index (χ3v) is 2.31. The molecule has 1 rings (SSSR count). The van der Waals surface area contributed by atoms with Crippen LogP contribution in [-0.4, -0.2) is 0 Å². The van der Waals surface area contributed by atoms with Crippen LogP contribution in [-0.2, 0) is 45.1 Å². The van der Waals surface area contributed by atoms with Crippen LogP contribution in [0.1, 0.15) is 65.2 Å². The summed E-state index contributed by atoms with van der Waals surface area (Å²) in [7, 11) is 0.